The maximum atomic E-state index is 10.6. The number of hydrogen-bond acceptors (Lipinski definition) is 5. The van der Waals surface area contributed by atoms with Crippen LogP contribution in [0.15, 0.2) is 24.3 Å². The van der Waals surface area contributed by atoms with E-state index in [-0.39, 0.29) is 12.1 Å². The van der Waals surface area contributed by atoms with Crippen LogP contribution in [-0.2, 0) is 4.79 Å². The highest BCUT2D eigenvalue weighted by Gasteiger charge is 2.09. The minimum Gasteiger partial charge on any atom is -0.492 e. The standard InChI is InChI=1S/C12H16N2O5/c13-11(16)10(15)7-14-5-6-19-9-3-1-8(2-4-9)12(17)18/h1-4,10,14-15H,5-7H2,(H2,13,16)(H,17,18). The van der Waals surface area contributed by atoms with Crippen LogP contribution in [0.25, 0.3) is 0 Å². The van der Waals surface area contributed by atoms with Gasteiger partial charge in [0, 0.05) is 13.1 Å². The quantitative estimate of drug-likeness (QED) is 0.458. The largest absolute Gasteiger partial charge is 0.492 e. The fraction of sp³-hybridized carbons (Fsp3) is 0.333. The molecule has 1 aromatic rings. The first-order valence-electron chi connectivity index (χ1n) is 5.65. The predicted molar refractivity (Wildman–Crippen MR) is 67.0 cm³/mol. The molecule has 1 amide bonds. The lowest BCUT2D eigenvalue weighted by molar-refractivity contribution is -0.125. The number of rotatable bonds is 8. The molecule has 1 aromatic carbocycles. The summed E-state index contributed by atoms with van der Waals surface area (Å²) in [5.74, 6) is -1.23. The van der Waals surface area contributed by atoms with E-state index in [0.29, 0.717) is 18.9 Å². The van der Waals surface area contributed by atoms with Gasteiger partial charge in [-0.25, -0.2) is 4.79 Å². The molecule has 7 nitrogen and oxygen atoms in total. The van der Waals surface area contributed by atoms with Crippen molar-refractivity contribution in [2.24, 2.45) is 5.73 Å². The fourth-order valence-electron chi connectivity index (χ4n) is 1.27. The van der Waals surface area contributed by atoms with Gasteiger partial charge in [-0.2, -0.15) is 0 Å². The van der Waals surface area contributed by atoms with Gasteiger partial charge in [0.15, 0.2) is 0 Å². The smallest absolute Gasteiger partial charge is 0.335 e. The summed E-state index contributed by atoms with van der Waals surface area (Å²) in [4.78, 5) is 21.1. The van der Waals surface area contributed by atoms with E-state index in [4.69, 9.17) is 20.7 Å². The second kappa shape index (κ2) is 7.34. The lowest BCUT2D eigenvalue weighted by Gasteiger charge is -2.09. The van der Waals surface area contributed by atoms with Crippen molar-refractivity contribution in [1.29, 1.82) is 0 Å². The molecule has 0 saturated carbocycles. The van der Waals surface area contributed by atoms with Crippen molar-refractivity contribution in [3.8, 4) is 5.75 Å². The molecular formula is C12H16N2O5. The summed E-state index contributed by atoms with van der Waals surface area (Å²) in [5.41, 5.74) is 5.06. The summed E-state index contributed by atoms with van der Waals surface area (Å²) in [6.45, 7) is 0.805. The van der Waals surface area contributed by atoms with Crippen molar-refractivity contribution in [3.05, 3.63) is 29.8 Å². The van der Waals surface area contributed by atoms with E-state index in [1.165, 1.54) is 12.1 Å². The van der Waals surface area contributed by atoms with Gasteiger partial charge in [0.25, 0.3) is 0 Å². The molecule has 0 saturated heterocycles. The second-order valence-corrected chi connectivity index (χ2v) is 3.80. The number of amides is 1. The van der Waals surface area contributed by atoms with Crippen molar-refractivity contribution in [1.82, 2.24) is 5.32 Å². The van der Waals surface area contributed by atoms with Crippen molar-refractivity contribution >= 4 is 11.9 Å². The third-order valence-electron chi connectivity index (χ3n) is 2.31. The number of aliphatic hydroxyl groups is 1. The molecule has 7 heteroatoms. The normalized spacial score (nSPS) is 11.8. The number of primary amides is 1. The average molecular weight is 268 g/mol. The summed E-state index contributed by atoms with van der Waals surface area (Å²) in [6.07, 6.45) is -1.21. The average Bonchev–Trinajstić information content (AvgIpc) is 2.38. The molecule has 0 bridgehead atoms. The van der Waals surface area contributed by atoms with E-state index in [1.807, 2.05) is 0 Å². The van der Waals surface area contributed by atoms with Gasteiger partial charge in [-0.3, -0.25) is 4.79 Å². The molecule has 0 aliphatic heterocycles. The molecule has 0 aromatic heterocycles. The second-order valence-electron chi connectivity index (χ2n) is 3.80. The van der Waals surface area contributed by atoms with Crippen molar-refractivity contribution < 1.29 is 24.5 Å². The number of aromatic carboxylic acids is 1. The summed E-state index contributed by atoms with van der Waals surface area (Å²) in [7, 11) is 0. The molecule has 5 N–H and O–H groups in total. The Labute approximate surface area is 110 Å². The topological polar surface area (TPSA) is 122 Å². The van der Waals surface area contributed by atoms with E-state index >= 15 is 0 Å². The number of ether oxygens (including phenoxy) is 1. The zero-order valence-electron chi connectivity index (χ0n) is 10.2. The molecule has 0 radical (unpaired) electrons. The zero-order chi connectivity index (χ0) is 14.3. The van der Waals surface area contributed by atoms with Crippen LogP contribution in [0, 0.1) is 0 Å². The first-order valence-corrected chi connectivity index (χ1v) is 5.65. The van der Waals surface area contributed by atoms with E-state index < -0.39 is 18.0 Å². The highest BCUT2D eigenvalue weighted by molar-refractivity contribution is 5.87. The van der Waals surface area contributed by atoms with Crippen LogP contribution in [0.1, 0.15) is 10.4 Å². The van der Waals surface area contributed by atoms with Gasteiger partial charge < -0.3 is 26.0 Å². The van der Waals surface area contributed by atoms with Crippen LogP contribution < -0.4 is 15.8 Å². The maximum Gasteiger partial charge on any atom is 0.335 e. The number of carbonyl (C=O) groups is 2. The Kier molecular flexibility index (Phi) is 5.77. The zero-order valence-corrected chi connectivity index (χ0v) is 10.2. The fourth-order valence-corrected chi connectivity index (χ4v) is 1.27. The van der Waals surface area contributed by atoms with Gasteiger partial charge in [-0.05, 0) is 24.3 Å². The van der Waals surface area contributed by atoms with Gasteiger partial charge >= 0.3 is 5.97 Å². The van der Waals surface area contributed by atoms with Gasteiger partial charge in [-0.15, -0.1) is 0 Å². The van der Waals surface area contributed by atoms with E-state index in [2.05, 4.69) is 5.32 Å². The minimum atomic E-state index is -1.21. The number of carbonyl (C=O) groups excluding carboxylic acids is 1. The number of nitrogens with two attached hydrogens (primary N) is 1. The van der Waals surface area contributed by atoms with Gasteiger partial charge in [0.2, 0.25) is 5.91 Å². The van der Waals surface area contributed by atoms with Crippen LogP contribution in [0.3, 0.4) is 0 Å². The van der Waals surface area contributed by atoms with Crippen molar-refractivity contribution in [2.45, 2.75) is 6.10 Å². The number of hydrogen-bond donors (Lipinski definition) is 4. The molecule has 104 valence electrons. The summed E-state index contributed by atoms with van der Waals surface area (Å²) < 4.78 is 5.33. The number of benzene rings is 1. The Balaban J connectivity index is 2.22. The molecular weight excluding hydrogens is 252 g/mol. The van der Waals surface area contributed by atoms with Crippen LogP contribution >= 0.6 is 0 Å². The Bertz CT molecular complexity index is 432. The molecule has 0 aliphatic carbocycles. The SMILES string of the molecule is NC(=O)C(O)CNCCOc1ccc(C(=O)O)cc1. The Morgan fingerprint density at radius 1 is 1.32 bits per heavy atom. The molecule has 0 fully saturated rings. The van der Waals surface area contributed by atoms with E-state index in [0.717, 1.165) is 0 Å². The lowest BCUT2D eigenvalue weighted by atomic mass is 10.2. The maximum absolute atomic E-state index is 10.6. The van der Waals surface area contributed by atoms with Gasteiger partial charge in [0.05, 0.1) is 5.56 Å². The van der Waals surface area contributed by atoms with Crippen LogP contribution in [-0.4, -0.2) is 47.9 Å². The molecule has 0 heterocycles. The number of aliphatic hydroxyl groups excluding tert-OH is 1. The summed E-state index contributed by atoms with van der Waals surface area (Å²) >= 11 is 0. The van der Waals surface area contributed by atoms with Crippen LogP contribution in [0.4, 0.5) is 0 Å². The molecule has 0 aliphatic rings. The number of carboxylic acids is 1. The molecule has 1 atom stereocenters. The third-order valence-corrected chi connectivity index (χ3v) is 2.31. The summed E-state index contributed by atoms with van der Waals surface area (Å²) in [6, 6.07) is 6.01. The monoisotopic (exact) mass is 268 g/mol. The van der Waals surface area contributed by atoms with Gasteiger partial charge in [-0.1, -0.05) is 0 Å². The van der Waals surface area contributed by atoms with Crippen molar-refractivity contribution in [2.75, 3.05) is 19.7 Å². The molecule has 1 unspecified atom stereocenters. The molecule has 19 heavy (non-hydrogen) atoms. The highest BCUT2D eigenvalue weighted by atomic mass is 16.5. The first-order chi connectivity index (χ1) is 9.00. The van der Waals surface area contributed by atoms with E-state index in [1.54, 1.807) is 12.1 Å². The summed E-state index contributed by atoms with van der Waals surface area (Å²) in [5, 5.41) is 20.6. The third kappa shape index (κ3) is 5.36. The van der Waals surface area contributed by atoms with Crippen LogP contribution in [0.2, 0.25) is 0 Å². The lowest BCUT2D eigenvalue weighted by Crippen LogP contribution is -2.38. The Hall–Kier alpha value is -2.12. The van der Waals surface area contributed by atoms with Crippen molar-refractivity contribution in [3.63, 3.8) is 0 Å². The highest BCUT2D eigenvalue weighted by Crippen LogP contribution is 2.11. The first kappa shape index (κ1) is 14.9. The Morgan fingerprint density at radius 2 is 1.95 bits per heavy atom. The molecule has 1 rings (SSSR count). The minimum absolute atomic E-state index is 0.0661. The van der Waals surface area contributed by atoms with E-state index in [9.17, 15) is 9.59 Å². The molecule has 0 spiro atoms. The Morgan fingerprint density at radius 3 is 2.47 bits per heavy atom. The number of nitrogens with one attached hydrogen (secondary N) is 1. The number of carboxylic acid groups (broad SMARTS) is 1. The van der Waals surface area contributed by atoms with Crippen LogP contribution in [0.5, 0.6) is 5.75 Å². The predicted octanol–water partition coefficient (Wildman–Crippen LogP) is -0.801. The van der Waals surface area contributed by atoms with Gasteiger partial charge in [0.1, 0.15) is 18.5 Å².